The summed E-state index contributed by atoms with van der Waals surface area (Å²) in [7, 11) is 0. The van der Waals surface area contributed by atoms with E-state index >= 15 is 0 Å². The van der Waals surface area contributed by atoms with E-state index in [9.17, 15) is 9.59 Å². The lowest BCUT2D eigenvalue weighted by Gasteiger charge is -2.22. The van der Waals surface area contributed by atoms with Gasteiger partial charge in [-0.2, -0.15) is 0 Å². The van der Waals surface area contributed by atoms with Crippen molar-refractivity contribution >= 4 is 11.8 Å². The summed E-state index contributed by atoms with van der Waals surface area (Å²) in [6.45, 7) is 4.70. The van der Waals surface area contributed by atoms with Crippen LogP contribution in [-0.4, -0.2) is 31.6 Å². The molecule has 0 fully saturated rings. The first-order valence-corrected chi connectivity index (χ1v) is 9.24. The Hall–Kier alpha value is -2.82. The fourth-order valence-corrected chi connectivity index (χ4v) is 3.12. The summed E-state index contributed by atoms with van der Waals surface area (Å²) in [5.74, 6) is 0.252. The number of hydrogen-bond acceptors (Lipinski definition) is 5. The van der Waals surface area contributed by atoms with Gasteiger partial charge >= 0.3 is 5.97 Å². The summed E-state index contributed by atoms with van der Waals surface area (Å²) in [4.78, 5) is 25.2. The van der Waals surface area contributed by atoms with Crippen molar-refractivity contribution in [3.05, 3.63) is 59.7 Å². The second kappa shape index (κ2) is 8.71. The minimum absolute atomic E-state index is 0.115. The maximum absolute atomic E-state index is 12.7. The van der Waals surface area contributed by atoms with Crippen LogP contribution in [0, 0.1) is 5.92 Å². The number of fused-ring (bicyclic) bond motifs is 1. The standard InChI is InChI=1S/C22H24O5/c1-3-15(2)21(16-7-5-4-6-8-16)22(24)27-14-18(23)17-9-10-19-20(13-17)26-12-11-25-19/h4-10,13,15,21H,3,11-12,14H2,1-2H3/t15-,21-/m0/s1. The highest BCUT2D eigenvalue weighted by molar-refractivity contribution is 5.98. The van der Waals surface area contributed by atoms with Crippen LogP contribution < -0.4 is 9.47 Å². The largest absolute Gasteiger partial charge is 0.486 e. The van der Waals surface area contributed by atoms with Crippen molar-refractivity contribution < 1.29 is 23.8 Å². The van der Waals surface area contributed by atoms with Crippen LogP contribution >= 0.6 is 0 Å². The number of ether oxygens (including phenoxy) is 3. The van der Waals surface area contributed by atoms with Gasteiger partial charge in [-0.15, -0.1) is 0 Å². The fraction of sp³-hybridized carbons (Fsp3) is 0.364. The van der Waals surface area contributed by atoms with Crippen LogP contribution in [0.3, 0.4) is 0 Å². The molecule has 5 heteroatoms. The van der Waals surface area contributed by atoms with Gasteiger partial charge in [0.1, 0.15) is 13.2 Å². The lowest BCUT2D eigenvalue weighted by Crippen LogP contribution is -2.24. The molecule has 0 amide bonds. The van der Waals surface area contributed by atoms with Crippen molar-refractivity contribution in [1.29, 1.82) is 0 Å². The van der Waals surface area contributed by atoms with Gasteiger partial charge in [0.05, 0.1) is 5.92 Å². The number of benzene rings is 2. The molecule has 1 aliphatic rings. The number of ketones is 1. The molecule has 2 aromatic carbocycles. The van der Waals surface area contributed by atoms with Crippen LogP contribution in [0.5, 0.6) is 11.5 Å². The Morgan fingerprint density at radius 3 is 2.44 bits per heavy atom. The topological polar surface area (TPSA) is 61.8 Å². The Balaban J connectivity index is 1.67. The number of hydrogen-bond donors (Lipinski definition) is 0. The monoisotopic (exact) mass is 368 g/mol. The molecule has 5 nitrogen and oxygen atoms in total. The first kappa shape index (κ1) is 19.0. The van der Waals surface area contributed by atoms with Crippen molar-refractivity contribution in [1.82, 2.24) is 0 Å². The van der Waals surface area contributed by atoms with Crippen molar-refractivity contribution in [3.8, 4) is 11.5 Å². The summed E-state index contributed by atoms with van der Waals surface area (Å²) >= 11 is 0. The molecule has 1 aliphatic heterocycles. The minimum Gasteiger partial charge on any atom is -0.486 e. The third kappa shape index (κ3) is 4.48. The van der Waals surface area contributed by atoms with Crippen LogP contribution in [-0.2, 0) is 9.53 Å². The number of carbonyl (C=O) groups is 2. The molecular formula is C22H24O5. The molecule has 0 N–H and O–H groups in total. The molecule has 2 atom stereocenters. The summed E-state index contributed by atoms with van der Waals surface area (Å²) in [5, 5.41) is 0. The smallest absolute Gasteiger partial charge is 0.314 e. The number of Topliss-reactive ketones (excluding diaryl/α,β-unsaturated/α-hetero) is 1. The van der Waals surface area contributed by atoms with Gasteiger partial charge in [0.2, 0.25) is 0 Å². The van der Waals surface area contributed by atoms with E-state index in [-0.39, 0.29) is 30.2 Å². The van der Waals surface area contributed by atoms with Crippen molar-refractivity contribution in [2.24, 2.45) is 5.92 Å². The number of carbonyl (C=O) groups excluding carboxylic acids is 2. The molecule has 0 aromatic heterocycles. The highest BCUT2D eigenvalue weighted by Gasteiger charge is 2.28. The summed E-state index contributed by atoms with van der Waals surface area (Å²) < 4.78 is 16.3. The van der Waals surface area contributed by atoms with Crippen molar-refractivity contribution in [3.63, 3.8) is 0 Å². The first-order chi connectivity index (χ1) is 13.1. The van der Waals surface area contributed by atoms with E-state index in [0.717, 1.165) is 12.0 Å². The van der Waals surface area contributed by atoms with Gasteiger partial charge in [-0.05, 0) is 29.7 Å². The normalized spacial score (nSPS) is 14.9. The molecule has 3 rings (SSSR count). The number of rotatable bonds is 7. The lowest BCUT2D eigenvalue weighted by molar-refractivity contribution is -0.145. The van der Waals surface area contributed by atoms with E-state index in [1.165, 1.54) is 0 Å². The van der Waals surface area contributed by atoms with Gasteiger partial charge in [-0.3, -0.25) is 9.59 Å². The molecule has 0 saturated heterocycles. The predicted octanol–water partition coefficient (Wildman–Crippen LogP) is 4.01. The van der Waals surface area contributed by atoms with E-state index in [0.29, 0.717) is 30.3 Å². The molecule has 0 radical (unpaired) electrons. The van der Waals surface area contributed by atoms with Gasteiger partial charge < -0.3 is 14.2 Å². The molecule has 0 spiro atoms. The first-order valence-electron chi connectivity index (χ1n) is 9.24. The van der Waals surface area contributed by atoms with Crippen LogP contribution in [0.1, 0.15) is 42.1 Å². The average Bonchev–Trinajstić information content (AvgIpc) is 2.72. The van der Waals surface area contributed by atoms with Crippen molar-refractivity contribution in [2.75, 3.05) is 19.8 Å². The second-order valence-corrected chi connectivity index (χ2v) is 6.66. The van der Waals surface area contributed by atoms with Crippen LogP contribution in [0.25, 0.3) is 0 Å². The van der Waals surface area contributed by atoms with Crippen LogP contribution in [0.2, 0.25) is 0 Å². The second-order valence-electron chi connectivity index (χ2n) is 6.66. The Bertz CT molecular complexity index is 800. The van der Waals surface area contributed by atoms with Crippen LogP contribution in [0.15, 0.2) is 48.5 Å². The fourth-order valence-electron chi connectivity index (χ4n) is 3.12. The van der Waals surface area contributed by atoms with Gasteiger partial charge in [0, 0.05) is 5.56 Å². The summed E-state index contributed by atoms with van der Waals surface area (Å²) in [5.41, 5.74) is 1.34. The Morgan fingerprint density at radius 1 is 1.04 bits per heavy atom. The molecule has 2 aromatic rings. The predicted molar refractivity (Wildman–Crippen MR) is 101 cm³/mol. The quantitative estimate of drug-likeness (QED) is 0.546. The molecule has 0 bridgehead atoms. The van der Waals surface area contributed by atoms with E-state index in [4.69, 9.17) is 14.2 Å². The van der Waals surface area contributed by atoms with Gasteiger partial charge in [0.25, 0.3) is 0 Å². The zero-order valence-corrected chi connectivity index (χ0v) is 15.6. The summed E-state index contributed by atoms with van der Waals surface area (Å²) in [6.07, 6.45) is 0.838. The zero-order chi connectivity index (χ0) is 19.2. The van der Waals surface area contributed by atoms with E-state index in [2.05, 4.69) is 0 Å². The minimum atomic E-state index is -0.385. The summed E-state index contributed by atoms with van der Waals surface area (Å²) in [6, 6.07) is 14.5. The van der Waals surface area contributed by atoms with Gasteiger partial charge in [0.15, 0.2) is 23.9 Å². The average molecular weight is 368 g/mol. The van der Waals surface area contributed by atoms with Crippen molar-refractivity contribution in [2.45, 2.75) is 26.2 Å². The molecular weight excluding hydrogens is 344 g/mol. The van der Waals surface area contributed by atoms with E-state index in [1.807, 2.05) is 44.2 Å². The SMILES string of the molecule is CC[C@H](C)[C@H](C(=O)OCC(=O)c1ccc2c(c1)OCCO2)c1ccccc1. The molecule has 0 aliphatic carbocycles. The molecule has 0 unspecified atom stereocenters. The number of esters is 1. The highest BCUT2D eigenvalue weighted by atomic mass is 16.6. The molecule has 142 valence electrons. The highest BCUT2D eigenvalue weighted by Crippen LogP contribution is 2.31. The maximum Gasteiger partial charge on any atom is 0.314 e. The lowest BCUT2D eigenvalue weighted by atomic mass is 9.85. The van der Waals surface area contributed by atoms with Gasteiger partial charge in [-0.25, -0.2) is 0 Å². The van der Waals surface area contributed by atoms with Crippen LogP contribution in [0.4, 0.5) is 0 Å². The van der Waals surface area contributed by atoms with E-state index in [1.54, 1.807) is 18.2 Å². The zero-order valence-electron chi connectivity index (χ0n) is 15.6. The van der Waals surface area contributed by atoms with Gasteiger partial charge in [-0.1, -0.05) is 50.6 Å². The molecule has 27 heavy (non-hydrogen) atoms. The Labute approximate surface area is 159 Å². The van der Waals surface area contributed by atoms with E-state index < -0.39 is 0 Å². The molecule has 0 saturated carbocycles. The Morgan fingerprint density at radius 2 is 1.74 bits per heavy atom. The molecule has 1 heterocycles. The third-order valence-electron chi connectivity index (χ3n) is 4.84. The maximum atomic E-state index is 12.7. The third-order valence-corrected chi connectivity index (χ3v) is 4.84. The Kier molecular flexibility index (Phi) is 6.12.